The van der Waals surface area contributed by atoms with Crippen molar-refractivity contribution in [1.29, 1.82) is 0 Å². The molecule has 9 heteroatoms. The molecule has 4 fully saturated rings. The van der Waals surface area contributed by atoms with Gasteiger partial charge in [0.15, 0.2) is 0 Å². The molecule has 4 aliphatic heterocycles. The van der Waals surface area contributed by atoms with Gasteiger partial charge in [0.1, 0.15) is 6.17 Å². The smallest absolute Gasteiger partial charge is 0.232 e. The van der Waals surface area contributed by atoms with Gasteiger partial charge in [-0.25, -0.2) is 0 Å². The first kappa shape index (κ1) is 30.6. The Morgan fingerprint density at radius 2 is 1.88 bits per heavy atom. The maximum absolute atomic E-state index is 6.21. The second-order valence-electron chi connectivity index (χ2n) is 14.3. The molecule has 4 N–H and O–H groups in total. The lowest BCUT2D eigenvalue weighted by molar-refractivity contribution is 0.00916. The van der Waals surface area contributed by atoms with Crippen molar-refractivity contribution in [1.82, 2.24) is 35.4 Å². The number of hydrogen-bond donors (Lipinski definition) is 4. The van der Waals surface area contributed by atoms with E-state index in [9.17, 15) is 0 Å². The molecule has 7 unspecified atom stereocenters. The summed E-state index contributed by atoms with van der Waals surface area (Å²) in [6.07, 6.45) is 13.0. The van der Waals surface area contributed by atoms with Gasteiger partial charge < -0.3 is 10.1 Å². The topological polar surface area (TPSA) is 78.4 Å². The molecule has 0 spiro atoms. The molecule has 5 rings (SSSR count). The first-order valence-corrected chi connectivity index (χ1v) is 17.2. The van der Waals surface area contributed by atoms with Crippen LogP contribution in [0.3, 0.4) is 0 Å². The van der Waals surface area contributed by atoms with Crippen molar-refractivity contribution in [2.45, 2.75) is 122 Å². The Hall–Kier alpha value is -0.840. The van der Waals surface area contributed by atoms with Gasteiger partial charge in [0.05, 0.1) is 24.3 Å². The minimum Gasteiger partial charge on any atom is -0.476 e. The monoisotopic (exact) mass is 575 g/mol. The Labute approximate surface area is 248 Å². The molecule has 8 nitrogen and oxygen atoms in total. The van der Waals surface area contributed by atoms with Crippen LogP contribution in [0.4, 0.5) is 0 Å². The highest BCUT2D eigenvalue weighted by Gasteiger charge is 2.46. The number of nitrogens with zero attached hydrogens (tertiary/aromatic N) is 3. The summed E-state index contributed by atoms with van der Waals surface area (Å²) in [7, 11) is 0. The van der Waals surface area contributed by atoms with Crippen LogP contribution < -0.4 is 25.4 Å². The van der Waals surface area contributed by atoms with Gasteiger partial charge in [-0.3, -0.25) is 24.9 Å². The fraction of sp³-hybridized carbons (Fsp3) is 0.903. The molecule has 0 radical (unpaired) electrons. The van der Waals surface area contributed by atoms with E-state index in [1.54, 1.807) is 0 Å². The van der Waals surface area contributed by atoms with Crippen LogP contribution in [0.2, 0.25) is 0 Å². The maximum Gasteiger partial charge on any atom is 0.232 e. The standard InChI is InChI=1S/C31H57N7OS/c1-21(2)25(22(3)4)20-39-28-14-16-38(36-28)27-13-12-24-18-33-40-29-11-7-10-26(34-29)32-15-8-9-23-17-31(5,6)37(19-23)30(24)35-27/h14,16,21-27,29-30,32-35H,7-13,15,17-20H2,1-6H3. The van der Waals surface area contributed by atoms with Crippen LogP contribution in [-0.4, -0.2) is 64.2 Å². The fourth-order valence-corrected chi connectivity index (χ4v) is 8.82. The zero-order valence-electron chi connectivity index (χ0n) is 26.0. The van der Waals surface area contributed by atoms with E-state index in [4.69, 9.17) is 9.84 Å². The highest BCUT2D eigenvalue weighted by Crippen LogP contribution is 2.40. The number of rotatable bonds is 6. The molecule has 0 amide bonds. The average Bonchev–Trinajstić information content (AvgIpc) is 3.50. The summed E-state index contributed by atoms with van der Waals surface area (Å²) in [5.74, 6) is 3.82. The zero-order valence-corrected chi connectivity index (χ0v) is 26.8. The van der Waals surface area contributed by atoms with E-state index < -0.39 is 0 Å². The third-order valence-electron chi connectivity index (χ3n) is 10.1. The molecule has 4 saturated heterocycles. The minimum atomic E-state index is 0.194. The van der Waals surface area contributed by atoms with Crippen molar-refractivity contribution in [3.8, 4) is 5.88 Å². The number of piperidine rings is 2. The number of aromatic nitrogens is 2. The zero-order chi connectivity index (χ0) is 28.3. The molecule has 1 aromatic heterocycles. The van der Waals surface area contributed by atoms with E-state index in [0.717, 1.165) is 37.9 Å². The van der Waals surface area contributed by atoms with Gasteiger partial charge in [0.25, 0.3) is 0 Å². The van der Waals surface area contributed by atoms with Gasteiger partial charge in [0.2, 0.25) is 5.88 Å². The number of nitrogens with one attached hydrogen (secondary N) is 4. The summed E-state index contributed by atoms with van der Waals surface area (Å²) < 4.78 is 12.2. The van der Waals surface area contributed by atoms with E-state index >= 15 is 0 Å². The Morgan fingerprint density at radius 1 is 1.05 bits per heavy atom. The molecule has 0 aromatic carbocycles. The predicted octanol–water partition coefficient (Wildman–Crippen LogP) is 5.16. The van der Waals surface area contributed by atoms with Crippen molar-refractivity contribution in [2.24, 2.45) is 29.6 Å². The Bertz CT molecular complexity index is 915. The first-order valence-electron chi connectivity index (χ1n) is 16.3. The van der Waals surface area contributed by atoms with Gasteiger partial charge in [0, 0.05) is 36.8 Å². The van der Waals surface area contributed by atoms with Crippen molar-refractivity contribution in [2.75, 3.05) is 26.2 Å². The fourth-order valence-electron chi connectivity index (χ4n) is 7.79. The highest BCUT2D eigenvalue weighted by molar-refractivity contribution is 7.98. The number of fused-ring (bicyclic) bond motifs is 6. The maximum atomic E-state index is 6.21. The summed E-state index contributed by atoms with van der Waals surface area (Å²) in [5, 5.41) is 17.1. The Kier molecular flexibility index (Phi) is 10.4. The Morgan fingerprint density at radius 3 is 2.67 bits per heavy atom. The van der Waals surface area contributed by atoms with Crippen LogP contribution in [0.15, 0.2) is 12.3 Å². The lowest BCUT2D eigenvalue weighted by Gasteiger charge is -2.47. The van der Waals surface area contributed by atoms with E-state index in [1.807, 2.05) is 11.9 Å². The normalized spacial score (nSPS) is 35.4. The lowest BCUT2D eigenvalue weighted by atomic mass is 9.86. The molecule has 4 bridgehead atoms. The molecule has 0 aliphatic carbocycles. The quantitative estimate of drug-likeness (QED) is 0.347. The largest absolute Gasteiger partial charge is 0.476 e. The lowest BCUT2D eigenvalue weighted by Crippen LogP contribution is -2.60. The minimum absolute atomic E-state index is 0.194. The molecule has 228 valence electrons. The van der Waals surface area contributed by atoms with Gasteiger partial charge in [-0.05, 0) is 95.4 Å². The summed E-state index contributed by atoms with van der Waals surface area (Å²) in [6, 6.07) is 2.05. The molecule has 7 atom stereocenters. The second-order valence-corrected chi connectivity index (χ2v) is 15.4. The molecule has 5 heterocycles. The SMILES string of the molecule is CC(C)C(COc1ccn(C2CCC3CNSC4CCCC(NCCCC5CN(C3N2)C(C)(C)C5)N4)n1)C(C)C. The Balaban J connectivity index is 1.27. The van der Waals surface area contributed by atoms with Gasteiger partial charge in [-0.1, -0.05) is 39.6 Å². The van der Waals surface area contributed by atoms with E-state index in [2.05, 4.69) is 84.1 Å². The van der Waals surface area contributed by atoms with E-state index in [0.29, 0.717) is 41.4 Å². The molecule has 1 aromatic rings. The molecule has 0 saturated carbocycles. The van der Waals surface area contributed by atoms with Gasteiger partial charge in [-0.15, -0.1) is 5.10 Å². The predicted molar refractivity (Wildman–Crippen MR) is 166 cm³/mol. The molecular formula is C31H57N7OS. The summed E-state index contributed by atoms with van der Waals surface area (Å²) >= 11 is 1.91. The van der Waals surface area contributed by atoms with Gasteiger partial charge >= 0.3 is 0 Å². The third-order valence-corrected chi connectivity index (χ3v) is 11.1. The van der Waals surface area contributed by atoms with Crippen LogP contribution in [0.25, 0.3) is 0 Å². The number of ether oxygens (including phenoxy) is 1. The van der Waals surface area contributed by atoms with Crippen LogP contribution in [0, 0.1) is 29.6 Å². The summed E-state index contributed by atoms with van der Waals surface area (Å²) in [4.78, 5) is 2.81. The van der Waals surface area contributed by atoms with Crippen LogP contribution >= 0.6 is 11.9 Å². The van der Waals surface area contributed by atoms with E-state index in [-0.39, 0.29) is 11.7 Å². The van der Waals surface area contributed by atoms with Crippen molar-refractivity contribution < 1.29 is 4.74 Å². The highest BCUT2D eigenvalue weighted by atomic mass is 32.2. The van der Waals surface area contributed by atoms with Crippen LogP contribution in [0.1, 0.15) is 99.1 Å². The molecule has 4 aliphatic rings. The summed E-state index contributed by atoms with van der Waals surface area (Å²) in [5.41, 5.74) is 0.194. The van der Waals surface area contributed by atoms with E-state index in [1.165, 1.54) is 51.5 Å². The van der Waals surface area contributed by atoms with Crippen molar-refractivity contribution >= 4 is 11.9 Å². The van der Waals surface area contributed by atoms with Crippen LogP contribution in [-0.2, 0) is 0 Å². The molecule has 40 heavy (non-hydrogen) atoms. The van der Waals surface area contributed by atoms with Crippen molar-refractivity contribution in [3.05, 3.63) is 12.3 Å². The summed E-state index contributed by atoms with van der Waals surface area (Å²) in [6.45, 7) is 18.2. The number of hydrogen-bond acceptors (Lipinski definition) is 8. The first-order chi connectivity index (χ1) is 19.2. The van der Waals surface area contributed by atoms with Gasteiger partial charge in [-0.2, -0.15) is 0 Å². The van der Waals surface area contributed by atoms with Crippen molar-refractivity contribution in [3.63, 3.8) is 0 Å². The third kappa shape index (κ3) is 7.56. The second kappa shape index (κ2) is 13.6. The molecular weight excluding hydrogens is 518 g/mol. The average molecular weight is 576 g/mol. The van der Waals surface area contributed by atoms with Crippen LogP contribution in [0.5, 0.6) is 5.88 Å².